The molecule has 0 spiro atoms. The zero-order valence-corrected chi connectivity index (χ0v) is 13.1. The standard InChI is InChI=1S/C15H21N3O4/c1-4-16-15(19)17-14-11-9(5-6-18(14)2)7-10-12(13(11)20-3)22-8-21-10/h7,14H,4-6,8H2,1-3H3,(H2,16,17,19)/p+1/t14-/m0/s1. The molecule has 2 aliphatic rings. The van der Waals surface area contributed by atoms with Gasteiger partial charge in [-0.2, -0.15) is 0 Å². The van der Waals surface area contributed by atoms with Crippen molar-refractivity contribution in [3.63, 3.8) is 0 Å². The van der Waals surface area contributed by atoms with Gasteiger partial charge in [-0.25, -0.2) is 4.79 Å². The Labute approximate surface area is 129 Å². The number of amides is 2. The monoisotopic (exact) mass is 308 g/mol. The second-order valence-corrected chi connectivity index (χ2v) is 5.50. The number of hydrogen-bond donors (Lipinski definition) is 3. The lowest BCUT2D eigenvalue weighted by Crippen LogP contribution is -3.12. The summed E-state index contributed by atoms with van der Waals surface area (Å²) in [6.07, 6.45) is 0.724. The maximum Gasteiger partial charge on any atom is 0.319 e. The summed E-state index contributed by atoms with van der Waals surface area (Å²) in [5.74, 6) is 2.00. The molecule has 3 rings (SSSR count). The van der Waals surface area contributed by atoms with Crippen molar-refractivity contribution >= 4 is 6.03 Å². The molecule has 1 aromatic carbocycles. The van der Waals surface area contributed by atoms with Crippen LogP contribution in [0.25, 0.3) is 0 Å². The van der Waals surface area contributed by atoms with E-state index in [2.05, 4.69) is 17.7 Å². The number of carbonyl (C=O) groups is 1. The lowest BCUT2D eigenvalue weighted by molar-refractivity contribution is -0.917. The summed E-state index contributed by atoms with van der Waals surface area (Å²) in [4.78, 5) is 13.2. The highest BCUT2D eigenvalue weighted by atomic mass is 16.7. The van der Waals surface area contributed by atoms with E-state index in [0.29, 0.717) is 23.8 Å². The molecule has 0 aliphatic carbocycles. The van der Waals surface area contributed by atoms with E-state index in [-0.39, 0.29) is 19.0 Å². The summed E-state index contributed by atoms with van der Waals surface area (Å²) in [6.45, 7) is 3.60. The molecular weight excluding hydrogens is 286 g/mol. The molecule has 2 aliphatic heterocycles. The molecule has 2 atom stereocenters. The average Bonchev–Trinajstić information content (AvgIpc) is 2.96. The molecule has 0 fully saturated rings. The Morgan fingerprint density at radius 3 is 3.05 bits per heavy atom. The van der Waals surface area contributed by atoms with Gasteiger partial charge in [0.25, 0.3) is 0 Å². The fraction of sp³-hybridized carbons (Fsp3) is 0.533. The Morgan fingerprint density at radius 1 is 1.50 bits per heavy atom. The van der Waals surface area contributed by atoms with Crippen molar-refractivity contribution in [3.05, 3.63) is 17.2 Å². The van der Waals surface area contributed by atoms with Crippen molar-refractivity contribution in [1.82, 2.24) is 10.6 Å². The summed E-state index contributed by atoms with van der Waals surface area (Å²) in [6, 6.07) is 1.82. The average molecular weight is 308 g/mol. The van der Waals surface area contributed by atoms with Gasteiger partial charge >= 0.3 is 6.03 Å². The van der Waals surface area contributed by atoms with Crippen LogP contribution in [0.4, 0.5) is 4.79 Å². The van der Waals surface area contributed by atoms with E-state index < -0.39 is 0 Å². The molecule has 2 heterocycles. The van der Waals surface area contributed by atoms with Gasteiger partial charge in [0.15, 0.2) is 17.7 Å². The molecule has 7 heteroatoms. The zero-order chi connectivity index (χ0) is 15.7. The van der Waals surface area contributed by atoms with Gasteiger partial charge in [0.05, 0.1) is 26.3 Å². The molecule has 3 N–H and O–H groups in total. The Kier molecular flexibility index (Phi) is 3.98. The van der Waals surface area contributed by atoms with Gasteiger partial charge in [0, 0.05) is 13.0 Å². The first-order valence-electron chi connectivity index (χ1n) is 7.51. The van der Waals surface area contributed by atoms with Gasteiger partial charge in [-0.1, -0.05) is 0 Å². The van der Waals surface area contributed by atoms with Crippen LogP contribution in [0.3, 0.4) is 0 Å². The SMILES string of the molecule is CCNC(=O)N[C@@H]1c2c(cc3c(c2OC)OCO3)CC[NH+]1C. The number of rotatable bonds is 3. The second-order valence-electron chi connectivity index (χ2n) is 5.50. The number of carbonyl (C=O) groups excluding carboxylic acids is 1. The molecule has 0 radical (unpaired) electrons. The number of nitrogens with one attached hydrogen (secondary N) is 3. The van der Waals surface area contributed by atoms with Crippen molar-refractivity contribution < 1.29 is 23.9 Å². The Morgan fingerprint density at radius 2 is 2.32 bits per heavy atom. The van der Waals surface area contributed by atoms with E-state index in [1.54, 1.807) is 7.11 Å². The summed E-state index contributed by atoms with van der Waals surface area (Å²) in [7, 11) is 3.68. The van der Waals surface area contributed by atoms with Crippen LogP contribution in [0.2, 0.25) is 0 Å². The maximum absolute atomic E-state index is 12.0. The molecular formula is C15H22N3O4+. The minimum absolute atomic E-state index is 0.181. The Balaban J connectivity index is 2.02. The summed E-state index contributed by atoms with van der Waals surface area (Å²) in [5, 5.41) is 5.80. The van der Waals surface area contributed by atoms with Gasteiger partial charge in [0.2, 0.25) is 12.5 Å². The first-order valence-corrected chi connectivity index (χ1v) is 7.51. The first kappa shape index (κ1) is 14.8. The molecule has 22 heavy (non-hydrogen) atoms. The van der Waals surface area contributed by atoms with Crippen LogP contribution in [0.5, 0.6) is 17.2 Å². The molecule has 0 bridgehead atoms. The first-order chi connectivity index (χ1) is 10.7. The van der Waals surface area contributed by atoms with Crippen LogP contribution in [0, 0.1) is 0 Å². The van der Waals surface area contributed by atoms with Crippen LogP contribution in [0.1, 0.15) is 24.2 Å². The largest absolute Gasteiger partial charge is 0.492 e. The van der Waals surface area contributed by atoms with Crippen LogP contribution in [0.15, 0.2) is 6.07 Å². The third kappa shape index (κ3) is 2.41. The minimum atomic E-state index is -0.181. The van der Waals surface area contributed by atoms with Crippen LogP contribution in [-0.2, 0) is 6.42 Å². The second kappa shape index (κ2) is 5.92. The van der Waals surface area contributed by atoms with E-state index in [4.69, 9.17) is 14.2 Å². The smallest absolute Gasteiger partial charge is 0.319 e. The summed E-state index contributed by atoms with van der Waals surface area (Å²) >= 11 is 0. The Bertz CT molecular complexity index is 591. The molecule has 0 saturated carbocycles. The predicted octanol–water partition coefficient (Wildman–Crippen LogP) is -0.188. The van der Waals surface area contributed by atoms with Crippen LogP contribution < -0.4 is 29.7 Å². The zero-order valence-electron chi connectivity index (χ0n) is 13.1. The normalized spacial score (nSPS) is 22.0. The number of urea groups is 1. The molecule has 0 aromatic heterocycles. The molecule has 120 valence electrons. The highest BCUT2D eigenvalue weighted by Gasteiger charge is 2.37. The van der Waals surface area contributed by atoms with Crippen molar-refractivity contribution in [2.45, 2.75) is 19.5 Å². The quantitative estimate of drug-likeness (QED) is 0.724. The van der Waals surface area contributed by atoms with E-state index in [1.165, 1.54) is 4.90 Å². The number of hydrogen-bond acceptors (Lipinski definition) is 4. The van der Waals surface area contributed by atoms with Crippen molar-refractivity contribution in [1.29, 1.82) is 0 Å². The van der Waals surface area contributed by atoms with Gasteiger partial charge in [-0.05, 0) is 18.6 Å². The molecule has 7 nitrogen and oxygen atoms in total. The Hall–Kier alpha value is -2.15. The molecule has 1 aromatic rings. The van der Waals surface area contributed by atoms with E-state index in [9.17, 15) is 4.79 Å². The van der Waals surface area contributed by atoms with Gasteiger partial charge in [0.1, 0.15) is 0 Å². The van der Waals surface area contributed by atoms with Crippen LogP contribution >= 0.6 is 0 Å². The minimum Gasteiger partial charge on any atom is -0.492 e. The topological polar surface area (TPSA) is 73.3 Å². The lowest BCUT2D eigenvalue weighted by Gasteiger charge is -2.33. The van der Waals surface area contributed by atoms with E-state index in [1.807, 2.05) is 13.0 Å². The number of benzene rings is 1. The lowest BCUT2D eigenvalue weighted by atomic mass is 9.95. The number of quaternary nitrogens is 1. The molecule has 1 unspecified atom stereocenters. The summed E-state index contributed by atoms with van der Waals surface area (Å²) < 4.78 is 16.6. The fourth-order valence-corrected chi connectivity index (χ4v) is 3.06. The predicted molar refractivity (Wildman–Crippen MR) is 79.5 cm³/mol. The maximum atomic E-state index is 12.0. The fourth-order valence-electron chi connectivity index (χ4n) is 3.06. The number of likely N-dealkylation sites (N-methyl/N-ethyl adjacent to an activating group) is 1. The molecule has 2 amide bonds. The van der Waals surface area contributed by atoms with E-state index >= 15 is 0 Å². The number of fused-ring (bicyclic) bond motifs is 2. The van der Waals surface area contributed by atoms with Crippen molar-refractivity contribution in [3.8, 4) is 17.2 Å². The van der Waals surface area contributed by atoms with Gasteiger partial charge < -0.3 is 24.4 Å². The summed E-state index contributed by atoms with van der Waals surface area (Å²) in [5.41, 5.74) is 2.11. The third-order valence-corrected chi connectivity index (χ3v) is 4.13. The third-order valence-electron chi connectivity index (χ3n) is 4.13. The van der Waals surface area contributed by atoms with Gasteiger partial charge in [-0.15, -0.1) is 0 Å². The van der Waals surface area contributed by atoms with Gasteiger partial charge in [-0.3, -0.25) is 5.32 Å². The van der Waals surface area contributed by atoms with Crippen molar-refractivity contribution in [2.75, 3.05) is 34.0 Å². The van der Waals surface area contributed by atoms with E-state index in [0.717, 1.165) is 24.1 Å². The van der Waals surface area contributed by atoms with Crippen LogP contribution in [-0.4, -0.2) is 40.1 Å². The number of ether oxygens (including phenoxy) is 3. The number of methoxy groups -OCH3 is 1. The molecule has 0 saturated heterocycles. The van der Waals surface area contributed by atoms with Crippen molar-refractivity contribution in [2.24, 2.45) is 0 Å². The highest BCUT2D eigenvalue weighted by Crippen LogP contribution is 2.46. The highest BCUT2D eigenvalue weighted by molar-refractivity contribution is 5.74.